The van der Waals surface area contributed by atoms with E-state index in [1.807, 2.05) is 11.8 Å². The Hall–Kier alpha value is -1.10. The van der Waals surface area contributed by atoms with E-state index in [2.05, 4.69) is 65.3 Å². The molecule has 0 N–H and O–H groups in total. The third-order valence-corrected chi connectivity index (χ3v) is 5.93. The smallest absolute Gasteiger partial charge is 0.0908 e. The molecule has 0 saturated carbocycles. The Kier molecular flexibility index (Phi) is 2.98. The zero-order valence-corrected chi connectivity index (χ0v) is 13.9. The van der Waals surface area contributed by atoms with Gasteiger partial charge in [0.25, 0.3) is 0 Å². The maximum atomic E-state index is 4.78. The Morgan fingerprint density at radius 2 is 1.80 bits per heavy atom. The fraction of sp³-hybridized carbons (Fsp3) is 0.0625. The molecule has 0 amide bonds. The van der Waals surface area contributed by atoms with Crippen LogP contribution in [0.15, 0.2) is 56.7 Å². The molecule has 2 aromatic carbocycles. The van der Waals surface area contributed by atoms with E-state index in [1.54, 1.807) is 11.3 Å². The first-order chi connectivity index (χ1) is 9.72. The van der Waals surface area contributed by atoms with Crippen LogP contribution in [0, 0.1) is 6.92 Å². The van der Waals surface area contributed by atoms with Crippen LogP contribution in [0.4, 0.5) is 0 Å². The minimum absolute atomic E-state index is 1.10. The molecule has 0 aliphatic carbocycles. The van der Waals surface area contributed by atoms with Crippen LogP contribution in [0.3, 0.4) is 0 Å². The maximum absolute atomic E-state index is 4.78. The van der Waals surface area contributed by atoms with Crippen molar-refractivity contribution < 1.29 is 0 Å². The summed E-state index contributed by atoms with van der Waals surface area (Å²) in [6.45, 7) is 2.08. The quantitative estimate of drug-likeness (QED) is 0.381. The van der Waals surface area contributed by atoms with Crippen molar-refractivity contribution in [3.05, 3.63) is 51.9 Å². The second-order valence-corrected chi connectivity index (χ2v) is 7.85. The van der Waals surface area contributed by atoms with Gasteiger partial charge in [-0.2, -0.15) is 0 Å². The minimum atomic E-state index is 1.10. The van der Waals surface area contributed by atoms with Gasteiger partial charge < -0.3 is 0 Å². The number of fused-ring (bicyclic) bond motifs is 5. The molecule has 0 atom stereocenters. The van der Waals surface area contributed by atoms with Crippen LogP contribution < -0.4 is 0 Å². The minimum Gasteiger partial charge on any atom is -0.241 e. The molecule has 0 bridgehead atoms. The summed E-state index contributed by atoms with van der Waals surface area (Å²) in [5.41, 5.74) is 3.63. The molecule has 2 heterocycles. The van der Waals surface area contributed by atoms with Crippen LogP contribution in [-0.4, -0.2) is 4.98 Å². The molecular formula is C16H10BrNS2. The predicted octanol–water partition coefficient (Wildman–Crippen LogP) is 6.01. The molecular weight excluding hydrogens is 350 g/mol. The van der Waals surface area contributed by atoms with Gasteiger partial charge in [0.15, 0.2) is 0 Å². The predicted molar refractivity (Wildman–Crippen MR) is 89.5 cm³/mol. The van der Waals surface area contributed by atoms with E-state index >= 15 is 0 Å². The molecule has 0 spiro atoms. The standard InChI is InChI=1S/C16H10BrNS2/c1-9-18-15-12-8-10(17)6-7-14(12)20-13-5-3-2-4-11(13)16(15)19-9/h2-8H,1H3. The van der Waals surface area contributed by atoms with Crippen LogP contribution >= 0.6 is 39.0 Å². The normalized spacial score (nSPS) is 12.3. The molecule has 1 nitrogen and oxygen atoms in total. The number of hydrogen-bond donors (Lipinski definition) is 0. The van der Waals surface area contributed by atoms with Crippen LogP contribution in [0.2, 0.25) is 0 Å². The van der Waals surface area contributed by atoms with E-state index in [0.717, 1.165) is 15.2 Å². The first kappa shape index (κ1) is 12.6. The number of hydrogen-bond acceptors (Lipinski definition) is 3. The molecule has 20 heavy (non-hydrogen) atoms. The van der Waals surface area contributed by atoms with Gasteiger partial charge in [0.1, 0.15) is 0 Å². The molecule has 0 unspecified atom stereocenters. The van der Waals surface area contributed by atoms with Crippen LogP contribution in [0.5, 0.6) is 0 Å². The largest absolute Gasteiger partial charge is 0.241 e. The van der Waals surface area contributed by atoms with Gasteiger partial charge in [-0.25, -0.2) is 4.98 Å². The lowest BCUT2D eigenvalue weighted by atomic mass is 10.1. The lowest BCUT2D eigenvalue weighted by Gasteiger charge is -2.05. The summed E-state index contributed by atoms with van der Waals surface area (Å²) in [5, 5.41) is 1.11. The summed E-state index contributed by atoms with van der Waals surface area (Å²) in [5.74, 6) is 0. The summed E-state index contributed by atoms with van der Waals surface area (Å²) in [7, 11) is 0. The number of benzene rings is 2. The number of nitrogens with zero attached hydrogens (tertiary/aromatic N) is 1. The van der Waals surface area contributed by atoms with E-state index in [9.17, 15) is 0 Å². The topological polar surface area (TPSA) is 12.9 Å². The number of thiazole rings is 1. The zero-order chi connectivity index (χ0) is 13.7. The highest BCUT2D eigenvalue weighted by atomic mass is 79.9. The van der Waals surface area contributed by atoms with Crippen molar-refractivity contribution in [1.82, 2.24) is 4.98 Å². The molecule has 4 rings (SSSR count). The van der Waals surface area contributed by atoms with Crippen molar-refractivity contribution in [1.29, 1.82) is 0 Å². The highest BCUT2D eigenvalue weighted by molar-refractivity contribution is 9.10. The molecule has 1 aromatic heterocycles. The van der Waals surface area contributed by atoms with Crippen molar-refractivity contribution in [3.8, 4) is 21.7 Å². The van der Waals surface area contributed by atoms with Crippen molar-refractivity contribution >= 4 is 39.0 Å². The van der Waals surface area contributed by atoms with Crippen LogP contribution in [-0.2, 0) is 0 Å². The van der Waals surface area contributed by atoms with Gasteiger partial charge in [-0.3, -0.25) is 0 Å². The third kappa shape index (κ3) is 1.94. The van der Waals surface area contributed by atoms with E-state index in [-0.39, 0.29) is 0 Å². The van der Waals surface area contributed by atoms with Crippen molar-refractivity contribution in [2.24, 2.45) is 0 Å². The fourth-order valence-corrected chi connectivity index (χ4v) is 4.89. The molecule has 4 heteroatoms. The van der Waals surface area contributed by atoms with Gasteiger partial charge in [0, 0.05) is 25.4 Å². The first-order valence-electron chi connectivity index (χ1n) is 6.27. The van der Waals surface area contributed by atoms with Gasteiger partial charge in [0.05, 0.1) is 15.6 Å². The SMILES string of the molecule is Cc1nc2c(s1)-c1ccccc1Sc1ccc(Br)cc1-2. The number of aromatic nitrogens is 1. The fourth-order valence-electron chi connectivity index (χ4n) is 2.43. The zero-order valence-electron chi connectivity index (χ0n) is 10.7. The highest BCUT2D eigenvalue weighted by Gasteiger charge is 2.23. The van der Waals surface area contributed by atoms with Gasteiger partial charge in [0.2, 0.25) is 0 Å². The Bertz CT molecular complexity index is 823. The van der Waals surface area contributed by atoms with Gasteiger partial charge in [-0.1, -0.05) is 45.9 Å². The van der Waals surface area contributed by atoms with Crippen LogP contribution in [0.1, 0.15) is 5.01 Å². The summed E-state index contributed by atoms with van der Waals surface area (Å²) in [4.78, 5) is 8.63. The van der Waals surface area contributed by atoms with E-state index in [1.165, 1.54) is 25.8 Å². The van der Waals surface area contributed by atoms with Crippen molar-refractivity contribution in [2.45, 2.75) is 16.7 Å². The summed E-state index contributed by atoms with van der Waals surface area (Å²) in [6.07, 6.45) is 0. The number of rotatable bonds is 0. The number of aryl methyl sites for hydroxylation is 1. The highest BCUT2D eigenvalue weighted by Crippen LogP contribution is 2.49. The Morgan fingerprint density at radius 1 is 1.00 bits per heavy atom. The molecule has 1 aliphatic rings. The van der Waals surface area contributed by atoms with Crippen molar-refractivity contribution in [2.75, 3.05) is 0 Å². The summed E-state index contributed by atoms with van der Waals surface area (Å²) in [6, 6.07) is 15.0. The van der Waals surface area contributed by atoms with Crippen molar-refractivity contribution in [3.63, 3.8) is 0 Å². The van der Waals surface area contributed by atoms with Gasteiger partial charge in [-0.05, 0) is 31.2 Å². The summed E-state index contributed by atoms with van der Waals surface area (Å²) < 4.78 is 1.10. The summed E-state index contributed by atoms with van der Waals surface area (Å²) >= 11 is 7.18. The Balaban J connectivity index is 2.11. The molecule has 3 aromatic rings. The second kappa shape index (κ2) is 4.72. The molecule has 98 valence electrons. The first-order valence-corrected chi connectivity index (χ1v) is 8.69. The van der Waals surface area contributed by atoms with E-state index in [0.29, 0.717) is 0 Å². The maximum Gasteiger partial charge on any atom is 0.0908 e. The molecule has 0 radical (unpaired) electrons. The molecule has 1 aliphatic heterocycles. The third-order valence-electron chi connectivity index (χ3n) is 3.28. The lowest BCUT2D eigenvalue weighted by Crippen LogP contribution is -1.83. The van der Waals surface area contributed by atoms with E-state index in [4.69, 9.17) is 4.98 Å². The monoisotopic (exact) mass is 359 g/mol. The molecule has 0 fully saturated rings. The average Bonchev–Trinajstić information content (AvgIpc) is 2.78. The van der Waals surface area contributed by atoms with Gasteiger partial charge in [-0.15, -0.1) is 11.3 Å². The second-order valence-electron chi connectivity index (χ2n) is 4.65. The lowest BCUT2D eigenvalue weighted by molar-refractivity contribution is 1.28. The van der Waals surface area contributed by atoms with Gasteiger partial charge >= 0.3 is 0 Å². The van der Waals surface area contributed by atoms with E-state index < -0.39 is 0 Å². The van der Waals surface area contributed by atoms with Crippen LogP contribution in [0.25, 0.3) is 21.7 Å². The Morgan fingerprint density at radius 3 is 2.70 bits per heavy atom. The number of halogens is 1. The average molecular weight is 360 g/mol. The molecule has 0 saturated heterocycles. The Labute approximate surface area is 134 Å².